The van der Waals surface area contributed by atoms with E-state index in [1.54, 1.807) is 7.11 Å². The lowest BCUT2D eigenvalue weighted by Gasteiger charge is -2.04. The van der Waals surface area contributed by atoms with Crippen molar-refractivity contribution in [3.8, 4) is 0 Å². The minimum atomic E-state index is 0.115. The molecule has 1 heterocycles. The van der Waals surface area contributed by atoms with Crippen molar-refractivity contribution >= 4 is 0 Å². The summed E-state index contributed by atoms with van der Waals surface area (Å²) >= 11 is 0. The lowest BCUT2D eigenvalue weighted by molar-refractivity contribution is 0.116. The molecule has 0 bridgehead atoms. The molecule has 1 rings (SSSR count). The molecule has 86 valence electrons. The molecular weight excluding hydrogens is 194 g/mol. The molecule has 2 N–H and O–H groups in total. The van der Waals surface area contributed by atoms with Crippen LogP contribution < -0.4 is 5.73 Å². The summed E-state index contributed by atoms with van der Waals surface area (Å²) in [7, 11) is 1.67. The van der Waals surface area contributed by atoms with Crippen LogP contribution in [0.3, 0.4) is 0 Å². The van der Waals surface area contributed by atoms with Gasteiger partial charge in [-0.15, -0.1) is 0 Å². The highest BCUT2D eigenvalue weighted by molar-refractivity contribution is 4.88. The molecule has 0 aliphatic heterocycles. The molecule has 0 aliphatic rings. The standard InChI is InChI=1S/C10H19N3O2/c1-7(11)4-5-10-12-9(13-15-10)6-8(2)14-3/h7-8H,4-6,11H2,1-3H3. The van der Waals surface area contributed by atoms with Gasteiger partial charge in [0.1, 0.15) is 0 Å². The van der Waals surface area contributed by atoms with Gasteiger partial charge in [-0.05, 0) is 20.3 Å². The fraction of sp³-hybridized carbons (Fsp3) is 0.800. The van der Waals surface area contributed by atoms with Gasteiger partial charge in [0.2, 0.25) is 5.89 Å². The zero-order valence-electron chi connectivity index (χ0n) is 9.56. The normalized spacial score (nSPS) is 15.2. The van der Waals surface area contributed by atoms with E-state index in [1.807, 2.05) is 13.8 Å². The number of nitrogens with two attached hydrogens (primary N) is 1. The second-order valence-corrected chi connectivity index (χ2v) is 3.87. The van der Waals surface area contributed by atoms with Crippen LogP contribution in [0.5, 0.6) is 0 Å². The third kappa shape index (κ3) is 4.40. The maximum Gasteiger partial charge on any atom is 0.226 e. The van der Waals surface area contributed by atoms with Crippen LogP contribution in [-0.4, -0.2) is 29.4 Å². The largest absolute Gasteiger partial charge is 0.381 e. The molecule has 1 aromatic rings. The van der Waals surface area contributed by atoms with Gasteiger partial charge in [-0.25, -0.2) is 0 Å². The van der Waals surface area contributed by atoms with Crippen LogP contribution in [0.1, 0.15) is 32.0 Å². The Hall–Kier alpha value is -0.940. The van der Waals surface area contributed by atoms with E-state index in [1.165, 1.54) is 0 Å². The molecule has 0 fully saturated rings. The molecule has 1 aromatic heterocycles. The Morgan fingerprint density at radius 3 is 2.80 bits per heavy atom. The number of hydrogen-bond donors (Lipinski definition) is 1. The minimum Gasteiger partial charge on any atom is -0.381 e. The molecule has 0 spiro atoms. The highest BCUT2D eigenvalue weighted by Gasteiger charge is 2.10. The van der Waals surface area contributed by atoms with E-state index in [9.17, 15) is 0 Å². The van der Waals surface area contributed by atoms with Gasteiger partial charge in [-0.1, -0.05) is 5.16 Å². The van der Waals surface area contributed by atoms with Crippen molar-refractivity contribution in [1.29, 1.82) is 0 Å². The van der Waals surface area contributed by atoms with Gasteiger partial charge in [0, 0.05) is 26.0 Å². The Morgan fingerprint density at radius 1 is 1.47 bits per heavy atom. The van der Waals surface area contributed by atoms with Crippen molar-refractivity contribution in [2.45, 2.75) is 45.3 Å². The average Bonchev–Trinajstić information content (AvgIpc) is 2.62. The summed E-state index contributed by atoms with van der Waals surface area (Å²) in [5.41, 5.74) is 5.64. The quantitative estimate of drug-likeness (QED) is 0.760. The summed E-state index contributed by atoms with van der Waals surface area (Å²) in [6.07, 6.45) is 2.40. The molecule has 0 aromatic carbocycles. The third-order valence-corrected chi connectivity index (χ3v) is 2.20. The number of ether oxygens (including phenoxy) is 1. The van der Waals surface area contributed by atoms with Crippen LogP contribution in [0, 0.1) is 0 Å². The molecule has 15 heavy (non-hydrogen) atoms. The second-order valence-electron chi connectivity index (χ2n) is 3.87. The maximum atomic E-state index is 5.64. The highest BCUT2D eigenvalue weighted by Crippen LogP contribution is 2.05. The molecule has 5 heteroatoms. The monoisotopic (exact) mass is 213 g/mol. The second kappa shape index (κ2) is 5.82. The first-order valence-corrected chi connectivity index (χ1v) is 5.21. The van der Waals surface area contributed by atoms with Gasteiger partial charge >= 0.3 is 0 Å². The van der Waals surface area contributed by atoms with Crippen LogP contribution in [0.15, 0.2) is 4.52 Å². The predicted molar refractivity (Wildman–Crippen MR) is 56.4 cm³/mol. The SMILES string of the molecule is COC(C)Cc1noc(CCC(C)N)n1. The molecule has 0 saturated heterocycles. The van der Waals surface area contributed by atoms with Crippen LogP contribution >= 0.6 is 0 Å². The lowest BCUT2D eigenvalue weighted by Crippen LogP contribution is -2.15. The Labute approximate surface area is 90.0 Å². The Bertz CT molecular complexity index is 286. The first kappa shape index (κ1) is 12.1. The van der Waals surface area contributed by atoms with E-state index < -0.39 is 0 Å². The first-order valence-electron chi connectivity index (χ1n) is 5.21. The molecule has 2 atom stereocenters. The van der Waals surface area contributed by atoms with Crippen molar-refractivity contribution in [2.24, 2.45) is 5.73 Å². The van der Waals surface area contributed by atoms with Crippen molar-refractivity contribution in [3.63, 3.8) is 0 Å². The van der Waals surface area contributed by atoms with Gasteiger partial charge in [-0.2, -0.15) is 4.98 Å². The van der Waals surface area contributed by atoms with Gasteiger partial charge in [0.15, 0.2) is 5.82 Å². The van der Waals surface area contributed by atoms with E-state index in [-0.39, 0.29) is 12.1 Å². The van der Waals surface area contributed by atoms with Crippen molar-refractivity contribution in [2.75, 3.05) is 7.11 Å². The van der Waals surface area contributed by atoms with E-state index in [0.717, 1.165) is 12.8 Å². The van der Waals surface area contributed by atoms with Crippen LogP contribution in [-0.2, 0) is 17.6 Å². The number of methoxy groups -OCH3 is 1. The van der Waals surface area contributed by atoms with Crippen LogP contribution in [0.2, 0.25) is 0 Å². The first-order chi connectivity index (χ1) is 7.11. The number of rotatable bonds is 6. The fourth-order valence-electron chi connectivity index (χ4n) is 1.17. The van der Waals surface area contributed by atoms with Crippen molar-refractivity contribution in [3.05, 3.63) is 11.7 Å². The number of hydrogen-bond acceptors (Lipinski definition) is 5. The number of aryl methyl sites for hydroxylation is 1. The summed E-state index contributed by atoms with van der Waals surface area (Å²) in [5.74, 6) is 1.36. The summed E-state index contributed by atoms with van der Waals surface area (Å²) < 4.78 is 10.2. The number of nitrogens with zero attached hydrogens (tertiary/aromatic N) is 2. The molecule has 0 saturated carbocycles. The molecule has 5 nitrogen and oxygen atoms in total. The fourth-order valence-corrected chi connectivity index (χ4v) is 1.17. The maximum absolute atomic E-state index is 5.64. The topological polar surface area (TPSA) is 74.2 Å². The van der Waals surface area contributed by atoms with Crippen LogP contribution in [0.25, 0.3) is 0 Å². The molecular formula is C10H19N3O2. The molecule has 2 unspecified atom stereocenters. The van der Waals surface area contributed by atoms with Crippen LogP contribution in [0.4, 0.5) is 0 Å². The Balaban J connectivity index is 2.42. The number of aromatic nitrogens is 2. The molecule has 0 radical (unpaired) electrons. The van der Waals surface area contributed by atoms with E-state index in [0.29, 0.717) is 18.1 Å². The zero-order valence-corrected chi connectivity index (χ0v) is 9.56. The van der Waals surface area contributed by atoms with Gasteiger partial charge in [0.25, 0.3) is 0 Å². The van der Waals surface area contributed by atoms with Gasteiger partial charge < -0.3 is 15.0 Å². The van der Waals surface area contributed by atoms with E-state index >= 15 is 0 Å². The third-order valence-electron chi connectivity index (χ3n) is 2.20. The zero-order chi connectivity index (χ0) is 11.3. The van der Waals surface area contributed by atoms with Gasteiger partial charge in [-0.3, -0.25) is 0 Å². The predicted octanol–water partition coefficient (Wildman–Crippen LogP) is 0.927. The molecule has 0 aliphatic carbocycles. The average molecular weight is 213 g/mol. The lowest BCUT2D eigenvalue weighted by atomic mass is 10.2. The smallest absolute Gasteiger partial charge is 0.226 e. The van der Waals surface area contributed by atoms with Crippen molar-refractivity contribution in [1.82, 2.24) is 10.1 Å². The van der Waals surface area contributed by atoms with Gasteiger partial charge in [0.05, 0.1) is 6.10 Å². The minimum absolute atomic E-state index is 0.115. The summed E-state index contributed by atoms with van der Waals surface area (Å²) in [6, 6.07) is 0.165. The molecule has 0 amide bonds. The summed E-state index contributed by atoms with van der Waals surface area (Å²) in [4.78, 5) is 4.26. The van der Waals surface area contributed by atoms with E-state index in [4.69, 9.17) is 15.0 Å². The summed E-state index contributed by atoms with van der Waals surface area (Å²) in [5, 5.41) is 3.88. The Kier molecular flexibility index (Phi) is 4.71. The summed E-state index contributed by atoms with van der Waals surface area (Å²) in [6.45, 7) is 3.93. The van der Waals surface area contributed by atoms with E-state index in [2.05, 4.69) is 10.1 Å². The Morgan fingerprint density at radius 2 is 2.20 bits per heavy atom. The highest BCUT2D eigenvalue weighted by atomic mass is 16.5. The van der Waals surface area contributed by atoms with Crippen molar-refractivity contribution < 1.29 is 9.26 Å².